The van der Waals surface area contributed by atoms with E-state index in [0.29, 0.717) is 19.5 Å². The van der Waals surface area contributed by atoms with E-state index in [1.165, 1.54) is 24.3 Å². The van der Waals surface area contributed by atoms with Gasteiger partial charge in [-0.3, -0.25) is 10.2 Å². The Morgan fingerprint density at radius 3 is 2.29 bits per heavy atom. The van der Waals surface area contributed by atoms with Crippen molar-refractivity contribution in [1.29, 1.82) is 0 Å². The molecule has 0 spiro atoms. The van der Waals surface area contributed by atoms with Crippen molar-refractivity contribution in [3.05, 3.63) is 71.3 Å². The zero-order valence-corrected chi connectivity index (χ0v) is 13.3. The van der Waals surface area contributed by atoms with E-state index in [1.54, 1.807) is 24.3 Å². The molecule has 0 aliphatic carbocycles. The summed E-state index contributed by atoms with van der Waals surface area (Å²) in [5, 5.41) is 5.26. The van der Waals surface area contributed by atoms with Gasteiger partial charge < -0.3 is 5.32 Å². The number of benzene rings is 2. The van der Waals surface area contributed by atoms with Crippen LogP contribution in [0.5, 0.6) is 0 Å². The molecule has 24 heavy (non-hydrogen) atoms. The van der Waals surface area contributed by atoms with Gasteiger partial charge in [0.1, 0.15) is 11.6 Å². The van der Waals surface area contributed by atoms with Gasteiger partial charge >= 0.3 is 0 Å². The number of hydrazine groups is 1. The zero-order valence-electron chi connectivity index (χ0n) is 13.3. The summed E-state index contributed by atoms with van der Waals surface area (Å²) in [6.07, 6.45) is 0.634. The normalized spacial score (nSPS) is 24.5. The number of nitrogens with zero attached hydrogens (tertiary/aromatic N) is 1. The first kappa shape index (κ1) is 16.5. The minimum absolute atomic E-state index is 0.204. The molecule has 2 unspecified atom stereocenters. The summed E-state index contributed by atoms with van der Waals surface area (Å²) in [4.78, 5) is 11.1. The molecule has 2 aromatic rings. The summed E-state index contributed by atoms with van der Waals surface area (Å²) in [6, 6.07) is 12.3. The lowest BCUT2D eigenvalue weighted by Gasteiger charge is -2.50. The molecule has 126 valence electrons. The van der Waals surface area contributed by atoms with Gasteiger partial charge in [0.05, 0.1) is 11.6 Å². The first-order chi connectivity index (χ1) is 11.6. The maximum atomic E-state index is 13.3. The molecule has 0 saturated carbocycles. The number of piperazine rings is 1. The Bertz CT molecular complexity index is 705. The first-order valence-corrected chi connectivity index (χ1v) is 7.78. The molecule has 4 nitrogen and oxygen atoms in total. The van der Waals surface area contributed by atoms with Crippen molar-refractivity contribution in [3.63, 3.8) is 0 Å². The van der Waals surface area contributed by atoms with Gasteiger partial charge in [0, 0.05) is 13.1 Å². The predicted molar refractivity (Wildman–Crippen MR) is 86.8 cm³/mol. The second-order valence-corrected chi connectivity index (χ2v) is 5.99. The first-order valence-electron chi connectivity index (χ1n) is 7.78. The van der Waals surface area contributed by atoms with E-state index in [0.717, 1.165) is 11.1 Å². The molecule has 0 radical (unpaired) electrons. The summed E-state index contributed by atoms with van der Waals surface area (Å²) in [6.45, 7) is 3.21. The third-order valence-corrected chi connectivity index (χ3v) is 4.65. The quantitative estimate of drug-likeness (QED) is 0.846. The summed E-state index contributed by atoms with van der Waals surface area (Å²) in [7, 11) is 0. The average Bonchev–Trinajstić information content (AvgIpc) is 2.58. The minimum atomic E-state index is -0.662. The molecule has 2 N–H and O–H groups in total. The molecule has 6 heteroatoms. The number of nitrogens with one attached hydrogen (secondary N) is 2. The molecule has 1 amide bonds. The molecule has 1 heterocycles. The van der Waals surface area contributed by atoms with Crippen LogP contribution in [0, 0.1) is 11.6 Å². The van der Waals surface area contributed by atoms with Crippen LogP contribution in [0.1, 0.15) is 24.1 Å². The SMILES string of the molecule is CC1(c2ccc(F)cc2)C(c2ccc(F)cc2)NCCN1NC=O. The van der Waals surface area contributed by atoms with Gasteiger partial charge in [-0.25, -0.2) is 13.8 Å². The third-order valence-electron chi connectivity index (χ3n) is 4.65. The summed E-state index contributed by atoms with van der Waals surface area (Å²) >= 11 is 0. The van der Waals surface area contributed by atoms with E-state index >= 15 is 0 Å². The van der Waals surface area contributed by atoms with E-state index in [2.05, 4.69) is 10.7 Å². The fourth-order valence-corrected chi connectivity index (χ4v) is 3.38. The van der Waals surface area contributed by atoms with Gasteiger partial charge in [0.2, 0.25) is 6.41 Å². The van der Waals surface area contributed by atoms with E-state index in [1.807, 2.05) is 11.9 Å². The zero-order chi connectivity index (χ0) is 17.2. The topological polar surface area (TPSA) is 44.4 Å². The fourth-order valence-electron chi connectivity index (χ4n) is 3.38. The van der Waals surface area contributed by atoms with Crippen LogP contribution in [-0.2, 0) is 10.3 Å². The van der Waals surface area contributed by atoms with Gasteiger partial charge in [-0.15, -0.1) is 0 Å². The van der Waals surface area contributed by atoms with Gasteiger partial charge in [0.25, 0.3) is 0 Å². The Balaban J connectivity index is 2.08. The third kappa shape index (κ3) is 2.90. The molecule has 0 aromatic heterocycles. The van der Waals surface area contributed by atoms with Crippen LogP contribution < -0.4 is 10.7 Å². The molecular weight excluding hydrogens is 312 g/mol. The van der Waals surface area contributed by atoms with Gasteiger partial charge in [-0.05, 0) is 42.3 Å². The van der Waals surface area contributed by atoms with E-state index in [-0.39, 0.29) is 17.7 Å². The fraction of sp³-hybridized carbons (Fsp3) is 0.278. The van der Waals surface area contributed by atoms with Crippen molar-refractivity contribution in [3.8, 4) is 0 Å². The van der Waals surface area contributed by atoms with E-state index in [4.69, 9.17) is 0 Å². The molecule has 3 rings (SSSR count). The van der Waals surface area contributed by atoms with Crippen molar-refractivity contribution >= 4 is 6.41 Å². The second-order valence-electron chi connectivity index (χ2n) is 5.99. The maximum absolute atomic E-state index is 13.3. The Morgan fingerprint density at radius 1 is 1.12 bits per heavy atom. The van der Waals surface area contributed by atoms with Gasteiger partial charge in [-0.1, -0.05) is 24.3 Å². The second kappa shape index (κ2) is 6.67. The number of carbonyl (C=O) groups excluding carboxylic acids is 1. The molecule has 1 aliphatic rings. The lowest BCUT2D eigenvalue weighted by atomic mass is 9.78. The number of carbonyl (C=O) groups is 1. The summed E-state index contributed by atoms with van der Waals surface area (Å²) in [5.74, 6) is -0.625. The number of hydrogen-bond donors (Lipinski definition) is 2. The largest absolute Gasteiger partial charge is 0.307 e. The van der Waals surface area contributed by atoms with Crippen molar-refractivity contribution in [2.75, 3.05) is 13.1 Å². The number of hydrogen-bond acceptors (Lipinski definition) is 3. The van der Waals surface area contributed by atoms with Crippen molar-refractivity contribution in [1.82, 2.24) is 15.8 Å². The molecule has 1 saturated heterocycles. The number of rotatable bonds is 4. The molecular formula is C18H19F2N3O. The summed E-state index contributed by atoms with van der Waals surface area (Å²) in [5.41, 5.74) is 3.82. The molecule has 2 atom stereocenters. The highest BCUT2D eigenvalue weighted by molar-refractivity contribution is 5.46. The lowest BCUT2D eigenvalue weighted by Crippen LogP contribution is -2.63. The molecule has 0 bridgehead atoms. The standard InChI is InChI=1S/C18H19F2N3O/c1-18(14-4-8-16(20)9-5-14)17(13-2-6-15(19)7-3-13)21-10-11-23(18)22-12-24/h2-9,12,17,21H,10-11H2,1H3,(H,22,24). The van der Waals surface area contributed by atoms with Gasteiger partial charge in [-0.2, -0.15) is 0 Å². The Kier molecular flexibility index (Phi) is 4.59. The van der Waals surface area contributed by atoms with Crippen LogP contribution in [0.15, 0.2) is 48.5 Å². The van der Waals surface area contributed by atoms with Crippen LogP contribution >= 0.6 is 0 Å². The van der Waals surface area contributed by atoms with Gasteiger partial charge in [0.15, 0.2) is 0 Å². The van der Waals surface area contributed by atoms with Crippen LogP contribution in [-0.4, -0.2) is 24.5 Å². The maximum Gasteiger partial charge on any atom is 0.221 e. The Hall–Kier alpha value is -2.31. The van der Waals surface area contributed by atoms with Crippen molar-refractivity contribution in [2.45, 2.75) is 18.5 Å². The van der Waals surface area contributed by atoms with Crippen molar-refractivity contribution in [2.24, 2.45) is 0 Å². The molecule has 1 aliphatic heterocycles. The monoisotopic (exact) mass is 331 g/mol. The lowest BCUT2D eigenvalue weighted by molar-refractivity contribution is -0.119. The van der Waals surface area contributed by atoms with E-state index < -0.39 is 5.54 Å². The Labute approximate surface area is 139 Å². The smallest absolute Gasteiger partial charge is 0.221 e. The van der Waals surface area contributed by atoms with Crippen LogP contribution in [0.25, 0.3) is 0 Å². The number of amides is 1. The molecule has 1 fully saturated rings. The van der Waals surface area contributed by atoms with Crippen LogP contribution in [0.2, 0.25) is 0 Å². The number of halogens is 2. The predicted octanol–water partition coefficient (Wildman–Crippen LogP) is 2.49. The van der Waals surface area contributed by atoms with E-state index in [9.17, 15) is 13.6 Å². The van der Waals surface area contributed by atoms with Crippen LogP contribution in [0.3, 0.4) is 0 Å². The summed E-state index contributed by atoms with van der Waals surface area (Å²) < 4.78 is 26.6. The van der Waals surface area contributed by atoms with Crippen LogP contribution in [0.4, 0.5) is 8.78 Å². The minimum Gasteiger partial charge on any atom is -0.307 e. The molecule has 2 aromatic carbocycles. The Morgan fingerprint density at radius 2 is 1.71 bits per heavy atom. The highest BCUT2D eigenvalue weighted by Gasteiger charge is 2.45. The highest BCUT2D eigenvalue weighted by atomic mass is 19.1. The average molecular weight is 331 g/mol. The highest BCUT2D eigenvalue weighted by Crippen LogP contribution is 2.41. The van der Waals surface area contributed by atoms with Crippen molar-refractivity contribution < 1.29 is 13.6 Å².